The van der Waals surface area contributed by atoms with Gasteiger partial charge in [0.25, 0.3) is 0 Å². The lowest BCUT2D eigenvalue weighted by molar-refractivity contribution is -0.148. The molecule has 10 nitrogen and oxygen atoms in total. The van der Waals surface area contributed by atoms with Gasteiger partial charge in [0.15, 0.2) is 0 Å². The van der Waals surface area contributed by atoms with E-state index in [1.165, 1.54) is 0 Å². The predicted molar refractivity (Wildman–Crippen MR) is 91.5 cm³/mol. The largest absolute Gasteiger partial charge is 0.480 e. The minimum atomic E-state index is -1.42. The van der Waals surface area contributed by atoms with Gasteiger partial charge in [-0.25, -0.2) is 4.79 Å². The Morgan fingerprint density at radius 3 is 2.23 bits per heavy atom. The number of esters is 1. The van der Waals surface area contributed by atoms with Gasteiger partial charge >= 0.3 is 11.9 Å². The molecule has 1 atom stereocenters. The third kappa shape index (κ3) is 6.99. The Labute approximate surface area is 149 Å². The van der Waals surface area contributed by atoms with Gasteiger partial charge in [-0.3, -0.25) is 19.8 Å². The predicted octanol–water partition coefficient (Wildman–Crippen LogP) is -0.178. The number of carbonyl (C=O) groups is 4. The number of anilines is 1. The summed E-state index contributed by atoms with van der Waals surface area (Å²) in [6.45, 7) is 0. The van der Waals surface area contributed by atoms with Crippen LogP contribution in [0.4, 0.5) is 5.69 Å². The highest BCUT2D eigenvalue weighted by Crippen LogP contribution is 2.10. The Morgan fingerprint density at radius 1 is 1.15 bits per heavy atom. The van der Waals surface area contributed by atoms with Crippen LogP contribution in [0.15, 0.2) is 24.3 Å². The van der Waals surface area contributed by atoms with Gasteiger partial charge in [-0.1, -0.05) is 0 Å². The maximum atomic E-state index is 11.8. The molecule has 1 aromatic carbocycles. The van der Waals surface area contributed by atoms with Crippen molar-refractivity contribution in [3.8, 4) is 0 Å². The molecule has 0 fully saturated rings. The highest BCUT2D eigenvalue weighted by Gasteiger charge is 2.23. The van der Waals surface area contributed by atoms with Gasteiger partial charge in [-0.2, -0.15) is 0 Å². The fourth-order valence-electron chi connectivity index (χ4n) is 1.90. The number of rotatable bonds is 9. The molecule has 0 saturated carbocycles. The van der Waals surface area contributed by atoms with Gasteiger partial charge in [0.2, 0.25) is 11.8 Å². The Bertz CT molecular complexity index is 701. The number of ether oxygens (including phenoxy) is 1. The van der Waals surface area contributed by atoms with Crippen molar-refractivity contribution in [2.75, 3.05) is 12.4 Å². The number of aliphatic carboxylic acids is 1. The zero-order valence-electron chi connectivity index (χ0n) is 14.1. The standard InChI is InChI=1S/C16H20N4O6/c1-26-14(23)8-11(16(24)25)20-13(22)7-6-12(21)19-10-4-2-9(3-5-10)15(17)18/h2-5,11H,6-8H2,1H3,(H3,17,18)(H,19,21)(H,20,22)(H,24,25)/t11-/m0/s1. The lowest BCUT2D eigenvalue weighted by Crippen LogP contribution is -2.42. The quantitative estimate of drug-likeness (QED) is 0.230. The normalized spacial score (nSPS) is 11.1. The van der Waals surface area contributed by atoms with E-state index in [0.29, 0.717) is 11.3 Å². The maximum Gasteiger partial charge on any atom is 0.326 e. The van der Waals surface area contributed by atoms with Crippen molar-refractivity contribution in [2.45, 2.75) is 25.3 Å². The van der Waals surface area contributed by atoms with Crippen molar-refractivity contribution in [2.24, 2.45) is 5.73 Å². The molecular formula is C16H20N4O6. The monoisotopic (exact) mass is 364 g/mol. The summed E-state index contributed by atoms with van der Waals surface area (Å²) >= 11 is 0. The SMILES string of the molecule is COC(=O)C[C@H](NC(=O)CCC(=O)Nc1ccc(C(=N)N)cc1)C(=O)O. The first-order chi connectivity index (χ1) is 12.2. The summed E-state index contributed by atoms with van der Waals surface area (Å²) in [6, 6.07) is 4.83. The van der Waals surface area contributed by atoms with Gasteiger partial charge < -0.3 is 26.2 Å². The maximum absolute atomic E-state index is 11.8. The van der Waals surface area contributed by atoms with Crippen LogP contribution in [0.25, 0.3) is 0 Å². The average Bonchev–Trinajstić information content (AvgIpc) is 2.59. The summed E-state index contributed by atoms with van der Waals surface area (Å²) in [7, 11) is 1.11. The number of hydrogen-bond acceptors (Lipinski definition) is 6. The fraction of sp³-hybridized carbons (Fsp3) is 0.312. The molecule has 0 aliphatic carbocycles. The molecule has 6 N–H and O–H groups in total. The number of carboxylic acids is 1. The number of nitrogens with two attached hydrogens (primary N) is 1. The molecular weight excluding hydrogens is 344 g/mol. The Kier molecular flexibility index (Phi) is 7.74. The van der Waals surface area contributed by atoms with Crippen LogP contribution in [0.2, 0.25) is 0 Å². The van der Waals surface area contributed by atoms with Crippen LogP contribution < -0.4 is 16.4 Å². The molecule has 0 aromatic heterocycles. The summed E-state index contributed by atoms with van der Waals surface area (Å²) in [6.07, 6.45) is -0.931. The van der Waals surface area contributed by atoms with Gasteiger partial charge in [0, 0.05) is 24.1 Å². The second-order valence-electron chi connectivity index (χ2n) is 5.28. The molecule has 0 aliphatic heterocycles. The van der Waals surface area contributed by atoms with E-state index in [9.17, 15) is 19.2 Å². The van der Waals surface area contributed by atoms with Crippen LogP contribution in [0, 0.1) is 5.41 Å². The Hall–Kier alpha value is -3.43. The highest BCUT2D eigenvalue weighted by atomic mass is 16.5. The molecule has 0 radical (unpaired) electrons. The van der Waals surface area contributed by atoms with E-state index < -0.39 is 36.2 Å². The van der Waals surface area contributed by atoms with Crippen LogP contribution in [0.1, 0.15) is 24.8 Å². The molecule has 140 valence electrons. The number of nitrogen functional groups attached to an aromatic ring is 1. The van der Waals surface area contributed by atoms with E-state index >= 15 is 0 Å². The summed E-state index contributed by atoms with van der Waals surface area (Å²) in [5.41, 5.74) is 6.30. The lowest BCUT2D eigenvalue weighted by Gasteiger charge is -2.13. The van der Waals surface area contributed by atoms with Gasteiger partial charge in [-0.05, 0) is 24.3 Å². The molecule has 0 saturated heterocycles. The van der Waals surface area contributed by atoms with E-state index in [2.05, 4.69) is 15.4 Å². The third-order valence-corrected chi connectivity index (χ3v) is 3.29. The first-order valence-corrected chi connectivity index (χ1v) is 7.56. The zero-order valence-corrected chi connectivity index (χ0v) is 14.1. The number of methoxy groups -OCH3 is 1. The van der Waals surface area contributed by atoms with Crippen LogP contribution in [0.3, 0.4) is 0 Å². The minimum Gasteiger partial charge on any atom is -0.480 e. The molecule has 1 aromatic rings. The third-order valence-electron chi connectivity index (χ3n) is 3.29. The number of carbonyl (C=O) groups excluding carboxylic acids is 3. The van der Waals surface area contributed by atoms with Crippen molar-refractivity contribution in [1.29, 1.82) is 5.41 Å². The summed E-state index contributed by atoms with van der Waals surface area (Å²) in [5.74, 6) is -3.37. The molecule has 0 heterocycles. The number of carboxylic acid groups (broad SMARTS) is 1. The fourth-order valence-corrected chi connectivity index (χ4v) is 1.90. The van der Waals surface area contributed by atoms with Crippen molar-refractivity contribution in [3.63, 3.8) is 0 Å². The molecule has 0 aliphatic rings. The molecule has 10 heteroatoms. The van der Waals surface area contributed by atoms with E-state index in [0.717, 1.165) is 7.11 Å². The Balaban J connectivity index is 2.47. The number of nitrogens with one attached hydrogen (secondary N) is 3. The summed E-state index contributed by atoms with van der Waals surface area (Å²) in [4.78, 5) is 45.7. The van der Waals surface area contributed by atoms with Crippen LogP contribution in [-0.2, 0) is 23.9 Å². The second kappa shape index (κ2) is 9.77. The van der Waals surface area contributed by atoms with E-state index in [1.807, 2.05) is 0 Å². The van der Waals surface area contributed by atoms with Crippen LogP contribution >= 0.6 is 0 Å². The first kappa shape index (κ1) is 20.6. The minimum absolute atomic E-state index is 0.0977. The van der Waals surface area contributed by atoms with E-state index in [-0.39, 0.29) is 18.7 Å². The molecule has 0 spiro atoms. The van der Waals surface area contributed by atoms with Gasteiger partial charge in [0.05, 0.1) is 13.5 Å². The van der Waals surface area contributed by atoms with Crippen molar-refractivity contribution >= 4 is 35.3 Å². The second-order valence-corrected chi connectivity index (χ2v) is 5.28. The van der Waals surface area contributed by atoms with Crippen LogP contribution in [0.5, 0.6) is 0 Å². The van der Waals surface area contributed by atoms with Crippen LogP contribution in [-0.4, -0.2) is 47.8 Å². The summed E-state index contributed by atoms with van der Waals surface area (Å²) < 4.78 is 4.36. The molecule has 1 rings (SSSR count). The Morgan fingerprint density at radius 2 is 1.73 bits per heavy atom. The van der Waals surface area contributed by atoms with Gasteiger partial charge in [-0.15, -0.1) is 0 Å². The van der Waals surface area contributed by atoms with Crippen molar-refractivity contribution in [1.82, 2.24) is 5.32 Å². The zero-order chi connectivity index (χ0) is 19.7. The topological polar surface area (TPSA) is 172 Å². The van der Waals surface area contributed by atoms with E-state index in [1.54, 1.807) is 24.3 Å². The van der Waals surface area contributed by atoms with Crippen molar-refractivity contribution in [3.05, 3.63) is 29.8 Å². The molecule has 0 unspecified atom stereocenters. The number of amidine groups is 1. The lowest BCUT2D eigenvalue weighted by atomic mass is 10.1. The van der Waals surface area contributed by atoms with E-state index in [4.69, 9.17) is 16.2 Å². The first-order valence-electron chi connectivity index (χ1n) is 7.56. The molecule has 2 amide bonds. The number of amides is 2. The summed E-state index contributed by atoms with van der Waals surface area (Å²) in [5, 5.41) is 21.0. The number of hydrogen-bond donors (Lipinski definition) is 5. The molecule has 0 bridgehead atoms. The van der Waals surface area contributed by atoms with Crippen molar-refractivity contribution < 1.29 is 29.0 Å². The molecule has 26 heavy (non-hydrogen) atoms. The smallest absolute Gasteiger partial charge is 0.326 e. The number of benzene rings is 1. The highest BCUT2D eigenvalue weighted by molar-refractivity contribution is 5.97. The van der Waals surface area contributed by atoms with Gasteiger partial charge in [0.1, 0.15) is 11.9 Å². The average molecular weight is 364 g/mol.